The van der Waals surface area contributed by atoms with Gasteiger partial charge in [0.25, 0.3) is 0 Å². The van der Waals surface area contributed by atoms with E-state index in [4.69, 9.17) is 9.97 Å². The van der Waals surface area contributed by atoms with Gasteiger partial charge in [0.2, 0.25) is 0 Å². The topological polar surface area (TPSA) is 56.3 Å². The molecule has 0 unspecified atom stereocenters. The molecule has 2 aromatic heterocycles. The summed E-state index contributed by atoms with van der Waals surface area (Å²) in [6.07, 6.45) is 10.5. The van der Waals surface area contributed by atoms with E-state index in [1.807, 2.05) is 0 Å². The van der Waals surface area contributed by atoms with Crippen LogP contribution in [-0.4, -0.2) is 72.1 Å². The van der Waals surface area contributed by atoms with Crippen molar-refractivity contribution < 1.29 is 0 Å². The Morgan fingerprint density at radius 2 is 0.975 bits per heavy atom. The van der Waals surface area contributed by atoms with Crippen molar-refractivity contribution >= 4 is 44.0 Å². The van der Waals surface area contributed by atoms with Gasteiger partial charge >= 0.3 is 0 Å². The first kappa shape index (κ1) is 27.2. The molecular weight excluding hydrogens is 492 g/mol. The van der Waals surface area contributed by atoms with Crippen molar-refractivity contribution in [1.82, 2.24) is 19.8 Å². The second kappa shape index (κ2) is 12.7. The predicted molar refractivity (Wildman–Crippen MR) is 171 cm³/mol. The van der Waals surface area contributed by atoms with Gasteiger partial charge in [0.15, 0.2) is 0 Å². The zero-order chi connectivity index (χ0) is 27.3. The molecule has 6 nitrogen and oxygen atoms in total. The van der Waals surface area contributed by atoms with Crippen LogP contribution in [0.4, 0.5) is 11.4 Å². The number of nitrogens with zero attached hydrogens (tertiary/aromatic N) is 4. The highest BCUT2D eigenvalue weighted by atomic mass is 15.1. The molecule has 0 saturated carbocycles. The highest BCUT2D eigenvalue weighted by Gasteiger charge is 2.14. The Morgan fingerprint density at radius 1 is 0.575 bits per heavy atom. The third-order valence-electron chi connectivity index (χ3n) is 8.84. The quantitative estimate of drug-likeness (QED) is 0.165. The van der Waals surface area contributed by atoms with Gasteiger partial charge in [-0.2, -0.15) is 0 Å². The number of aryl methyl sites for hydroxylation is 2. The molecule has 2 saturated heterocycles. The monoisotopic (exact) mass is 538 g/mol. The molecule has 2 N–H and O–H groups in total. The van der Waals surface area contributed by atoms with Crippen LogP contribution in [0.25, 0.3) is 32.6 Å². The van der Waals surface area contributed by atoms with Crippen LogP contribution in [0.3, 0.4) is 0 Å². The Balaban J connectivity index is 1.22. The zero-order valence-corrected chi connectivity index (χ0v) is 24.6. The fourth-order valence-corrected chi connectivity index (χ4v) is 6.75. The minimum Gasteiger partial charge on any atom is -0.384 e. The van der Waals surface area contributed by atoms with Gasteiger partial charge in [-0.05, 0) is 104 Å². The average Bonchev–Trinajstić information content (AvgIpc) is 2.98. The van der Waals surface area contributed by atoms with E-state index in [0.717, 1.165) is 48.4 Å². The maximum Gasteiger partial charge on any atom is 0.0805 e. The van der Waals surface area contributed by atoms with E-state index in [-0.39, 0.29) is 0 Å². The van der Waals surface area contributed by atoms with Crippen molar-refractivity contribution in [2.24, 2.45) is 0 Å². The molecule has 4 aromatic rings. The lowest BCUT2D eigenvalue weighted by Gasteiger charge is -2.26. The largest absolute Gasteiger partial charge is 0.384 e. The first-order valence-electron chi connectivity index (χ1n) is 15.7. The summed E-state index contributed by atoms with van der Waals surface area (Å²) >= 11 is 0. The molecule has 2 aromatic carbocycles. The molecule has 2 aliphatic rings. The Labute approximate surface area is 239 Å². The fraction of sp³-hybridized carbons (Fsp3) is 0.529. The Morgan fingerprint density at radius 3 is 1.40 bits per heavy atom. The van der Waals surface area contributed by atoms with Crippen molar-refractivity contribution in [1.29, 1.82) is 0 Å². The molecule has 2 fully saturated rings. The molecular formula is C34H46N6. The number of benzene rings is 2. The van der Waals surface area contributed by atoms with Crippen LogP contribution in [0, 0.1) is 13.8 Å². The summed E-state index contributed by atoms with van der Waals surface area (Å²) in [5.41, 5.74) is 6.61. The van der Waals surface area contributed by atoms with Crippen molar-refractivity contribution in [3.8, 4) is 0 Å². The molecule has 6 rings (SSSR count). The first-order chi connectivity index (χ1) is 19.7. The number of likely N-dealkylation sites (tertiary alicyclic amines) is 2. The van der Waals surface area contributed by atoms with Gasteiger partial charge < -0.3 is 20.4 Å². The van der Waals surface area contributed by atoms with Crippen molar-refractivity contribution in [3.63, 3.8) is 0 Å². The Hall–Kier alpha value is -2.96. The van der Waals surface area contributed by atoms with Gasteiger partial charge in [0.1, 0.15) is 0 Å². The highest BCUT2D eigenvalue weighted by Crippen LogP contribution is 2.35. The van der Waals surface area contributed by atoms with E-state index in [1.54, 1.807) is 0 Å². The molecule has 40 heavy (non-hydrogen) atoms. The number of anilines is 2. The van der Waals surface area contributed by atoms with Crippen LogP contribution in [0.5, 0.6) is 0 Å². The lowest BCUT2D eigenvalue weighted by molar-refractivity contribution is 0.228. The molecule has 6 heteroatoms. The van der Waals surface area contributed by atoms with Gasteiger partial charge in [-0.3, -0.25) is 9.97 Å². The zero-order valence-electron chi connectivity index (χ0n) is 24.6. The minimum absolute atomic E-state index is 0.984. The van der Waals surface area contributed by atoms with Crippen LogP contribution in [0.15, 0.2) is 36.4 Å². The molecule has 0 atom stereocenters. The summed E-state index contributed by atoms with van der Waals surface area (Å²) in [6.45, 7) is 13.6. The molecule has 0 spiro atoms. The lowest BCUT2D eigenvalue weighted by atomic mass is 10.0. The second-order valence-electron chi connectivity index (χ2n) is 12.0. The third kappa shape index (κ3) is 6.18. The van der Waals surface area contributed by atoms with E-state index < -0.39 is 0 Å². The van der Waals surface area contributed by atoms with Crippen LogP contribution >= 0.6 is 0 Å². The summed E-state index contributed by atoms with van der Waals surface area (Å²) in [5, 5.41) is 12.2. The molecule has 0 aliphatic carbocycles. The van der Waals surface area contributed by atoms with E-state index in [2.05, 4.69) is 70.7 Å². The molecule has 212 valence electrons. The highest BCUT2D eigenvalue weighted by molar-refractivity contribution is 6.18. The molecule has 4 heterocycles. The lowest BCUT2D eigenvalue weighted by Crippen LogP contribution is -2.31. The summed E-state index contributed by atoms with van der Waals surface area (Å²) in [7, 11) is 0. The minimum atomic E-state index is 0.984. The number of piperidine rings is 2. The summed E-state index contributed by atoms with van der Waals surface area (Å²) in [4.78, 5) is 15.3. The number of aromatic nitrogens is 2. The van der Waals surface area contributed by atoms with Crippen LogP contribution in [-0.2, 0) is 0 Å². The number of nitrogens with one attached hydrogen (secondary N) is 2. The standard InChI is InChI=1S/C34H46N6/c1-25-23-31(35-15-9-21-39-17-5-3-6-18-39)29-13-12-28-27(33(29)37-25)11-14-30-32(24-26(2)38-34(28)30)36-16-10-22-40-19-7-4-8-20-40/h11-14,23-24H,3-10,15-22H2,1-2H3,(H,35,37)(H,36,38). The van der Waals surface area contributed by atoms with Crippen LogP contribution < -0.4 is 10.6 Å². The van der Waals surface area contributed by atoms with Gasteiger partial charge in [0.05, 0.1) is 11.0 Å². The number of rotatable bonds is 10. The van der Waals surface area contributed by atoms with Gasteiger partial charge in [0, 0.05) is 57.4 Å². The molecule has 0 amide bonds. The maximum atomic E-state index is 5.03. The average molecular weight is 539 g/mol. The SMILES string of the molecule is Cc1cc(NCCCN2CCCCC2)c2ccc3c(ccc4c(NCCCN5CCCCC5)cc(C)nc43)c2n1. The fourth-order valence-electron chi connectivity index (χ4n) is 6.75. The van der Waals surface area contributed by atoms with E-state index in [0.29, 0.717) is 0 Å². The van der Waals surface area contributed by atoms with Crippen molar-refractivity contribution in [3.05, 3.63) is 47.8 Å². The number of hydrogen-bond acceptors (Lipinski definition) is 6. The number of pyridine rings is 2. The summed E-state index contributed by atoms with van der Waals surface area (Å²) < 4.78 is 0. The Kier molecular flexibility index (Phi) is 8.64. The molecule has 2 aliphatic heterocycles. The second-order valence-corrected chi connectivity index (χ2v) is 12.0. The Bertz CT molecular complexity index is 1340. The third-order valence-corrected chi connectivity index (χ3v) is 8.84. The smallest absolute Gasteiger partial charge is 0.0805 e. The molecule has 0 bridgehead atoms. The van der Waals surface area contributed by atoms with Crippen LogP contribution in [0.1, 0.15) is 62.8 Å². The summed E-state index contributed by atoms with van der Waals surface area (Å²) in [6, 6.07) is 13.4. The molecule has 0 radical (unpaired) electrons. The van der Waals surface area contributed by atoms with Crippen molar-refractivity contribution in [2.75, 3.05) is 63.0 Å². The van der Waals surface area contributed by atoms with E-state index >= 15 is 0 Å². The maximum absolute atomic E-state index is 5.03. The van der Waals surface area contributed by atoms with Gasteiger partial charge in [-0.15, -0.1) is 0 Å². The number of fused-ring (bicyclic) bond motifs is 5. The van der Waals surface area contributed by atoms with E-state index in [9.17, 15) is 0 Å². The number of hydrogen-bond donors (Lipinski definition) is 2. The van der Waals surface area contributed by atoms with Gasteiger partial charge in [-0.1, -0.05) is 37.1 Å². The van der Waals surface area contributed by atoms with Crippen molar-refractivity contribution in [2.45, 2.75) is 65.2 Å². The van der Waals surface area contributed by atoms with Gasteiger partial charge in [-0.25, -0.2) is 0 Å². The predicted octanol–water partition coefficient (Wildman–Crippen LogP) is 7.13. The first-order valence-corrected chi connectivity index (χ1v) is 15.7. The normalized spacial score (nSPS) is 17.1. The van der Waals surface area contributed by atoms with E-state index in [1.165, 1.54) is 111 Å². The summed E-state index contributed by atoms with van der Waals surface area (Å²) in [5.74, 6) is 0. The van der Waals surface area contributed by atoms with Crippen LogP contribution in [0.2, 0.25) is 0 Å².